The first kappa shape index (κ1) is 16.0. The average Bonchev–Trinajstić information content (AvgIpc) is 2.35. The molecule has 1 aliphatic rings. The molecule has 0 heterocycles. The largest absolute Gasteiger partial charge is 0.481 e. The summed E-state index contributed by atoms with van der Waals surface area (Å²) < 4.78 is 5.40. The van der Waals surface area contributed by atoms with Crippen LogP contribution in [0.25, 0.3) is 0 Å². The van der Waals surface area contributed by atoms with Gasteiger partial charge in [-0.05, 0) is 32.1 Å². The summed E-state index contributed by atoms with van der Waals surface area (Å²) in [5, 5.41) is 12.1. The first-order valence-electron chi connectivity index (χ1n) is 6.99. The van der Waals surface area contributed by atoms with Crippen LogP contribution >= 0.6 is 0 Å². The van der Waals surface area contributed by atoms with Crippen molar-refractivity contribution in [2.24, 2.45) is 5.41 Å². The van der Waals surface area contributed by atoms with Crippen molar-refractivity contribution >= 4 is 11.9 Å². The number of aliphatic carboxylic acids is 1. The minimum Gasteiger partial charge on any atom is -0.481 e. The Balaban J connectivity index is 2.50. The van der Waals surface area contributed by atoms with Crippen molar-refractivity contribution in [3.8, 4) is 0 Å². The Kier molecular flexibility index (Phi) is 5.35. The van der Waals surface area contributed by atoms with Crippen LogP contribution in [-0.4, -0.2) is 36.2 Å². The van der Waals surface area contributed by atoms with Gasteiger partial charge in [0.2, 0.25) is 5.91 Å². The maximum atomic E-state index is 11.9. The second-order valence-corrected chi connectivity index (χ2v) is 5.49. The second-order valence-electron chi connectivity index (χ2n) is 5.49. The number of carbonyl (C=O) groups excluding carboxylic acids is 1. The Bertz CT molecular complexity index is 327. The van der Waals surface area contributed by atoms with Crippen LogP contribution in [0.5, 0.6) is 0 Å². The quantitative estimate of drug-likeness (QED) is 0.707. The van der Waals surface area contributed by atoms with Gasteiger partial charge in [0.25, 0.3) is 0 Å². The molecule has 0 aromatic carbocycles. The molecule has 1 aliphatic carbocycles. The third kappa shape index (κ3) is 3.47. The fraction of sp³-hybridized carbons (Fsp3) is 0.857. The molecule has 5 nitrogen and oxygen atoms in total. The van der Waals surface area contributed by atoms with Gasteiger partial charge in [-0.15, -0.1) is 0 Å². The van der Waals surface area contributed by atoms with Crippen LogP contribution < -0.4 is 5.32 Å². The number of carboxylic acid groups (broad SMARTS) is 1. The lowest BCUT2D eigenvalue weighted by molar-refractivity contribution is -0.149. The molecule has 1 fully saturated rings. The van der Waals surface area contributed by atoms with Gasteiger partial charge in [-0.2, -0.15) is 0 Å². The Morgan fingerprint density at radius 3 is 2.21 bits per heavy atom. The Morgan fingerprint density at radius 2 is 1.89 bits per heavy atom. The highest BCUT2D eigenvalue weighted by atomic mass is 16.5. The molecule has 0 radical (unpaired) electrons. The zero-order valence-electron chi connectivity index (χ0n) is 12.1. The zero-order valence-corrected chi connectivity index (χ0v) is 12.1. The minimum atomic E-state index is -0.852. The molecule has 1 saturated carbocycles. The fourth-order valence-electron chi connectivity index (χ4n) is 2.53. The summed E-state index contributed by atoms with van der Waals surface area (Å²) >= 11 is 0. The van der Waals surface area contributed by atoms with E-state index in [2.05, 4.69) is 5.32 Å². The molecular weight excluding hydrogens is 246 g/mol. The summed E-state index contributed by atoms with van der Waals surface area (Å²) in [5.41, 5.74) is -1.16. The summed E-state index contributed by atoms with van der Waals surface area (Å²) in [7, 11) is 1.63. The van der Waals surface area contributed by atoms with Gasteiger partial charge in [-0.1, -0.05) is 13.8 Å². The lowest BCUT2D eigenvalue weighted by atomic mass is 9.77. The summed E-state index contributed by atoms with van der Waals surface area (Å²) in [4.78, 5) is 23.3. The lowest BCUT2D eigenvalue weighted by Gasteiger charge is -2.40. The van der Waals surface area contributed by atoms with Crippen LogP contribution in [-0.2, 0) is 14.3 Å². The normalized spacial score (nSPS) is 17.6. The number of methoxy groups -OCH3 is 1. The van der Waals surface area contributed by atoms with E-state index in [-0.39, 0.29) is 18.1 Å². The molecule has 0 atom stereocenters. The predicted octanol–water partition coefficient (Wildman–Crippen LogP) is 1.95. The number of rotatable bonds is 8. The molecule has 0 aromatic rings. The van der Waals surface area contributed by atoms with E-state index in [1.807, 2.05) is 13.8 Å². The summed E-state index contributed by atoms with van der Waals surface area (Å²) in [5.74, 6) is -0.961. The molecular formula is C14H25NO4. The first-order chi connectivity index (χ1) is 8.93. The summed E-state index contributed by atoms with van der Waals surface area (Å²) in [6.45, 7) is 3.87. The van der Waals surface area contributed by atoms with Crippen molar-refractivity contribution in [1.29, 1.82) is 0 Å². The number of ether oxygens (including phenoxy) is 1. The average molecular weight is 271 g/mol. The van der Waals surface area contributed by atoms with Crippen molar-refractivity contribution in [3.63, 3.8) is 0 Å². The molecule has 2 N–H and O–H groups in total. The van der Waals surface area contributed by atoms with Gasteiger partial charge in [0.05, 0.1) is 17.4 Å². The van der Waals surface area contributed by atoms with Gasteiger partial charge >= 0.3 is 5.97 Å². The Hall–Kier alpha value is -1.10. The predicted molar refractivity (Wildman–Crippen MR) is 71.9 cm³/mol. The SMILES string of the molecule is CCC(CC)(CNC(=O)CC1(OC)CCC1)C(=O)O. The molecule has 1 amide bonds. The molecule has 110 valence electrons. The Morgan fingerprint density at radius 1 is 1.32 bits per heavy atom. The first-order valence-corrected chi connectivity index (χ1v) is 6.99. The molecule has 0 aromatic heterocycles. The standard InChI is InChI=1S/C14H25NO4/c1-4-13(5-2,12(17)18)10-15-11(16)9-14(19-3)7-6-8-14/h4-10H2,1-3H3,(H,15,16)(H,17,18). The van der Waals surface area contributed by atoms with Crippen molar-refractivity contribution in [1.82, 2.24) is 5.32 Å². The van der Waals surface area contributed by atoms with Crippen LogP contribution in [0.1, 0.15) is 52.4 Å². The number of amides is 1. The monoisotopic (exact) mass is 271 g/mol. The molecule has 0 unspecified atom stereocenters. The minimum absolute atomic E-state index is 0.117. The number of hydrogen-bond donors (Lipinski definition) is 2. The van der Waals surface area contributed by atoms with Gasteiger partial charge < -0.3 is 15.2 Å². The van der Waals surface area contributed by atoms with Crippen LogP contribution in [0.2, 0.25) is 0 Å². The molecule has 0 aliphatic heterocycles. The van der Waals surface area contributed by atoms with Crippen LogP contribution in [0.15, 0.2) is 0 Å². The number of nitrogens with one attached hydrogen (secondary N) is 1. The lowest BCUT2D eigenvalue weighted by Crippen LogP contribution is -2.47. The molecule has 1 rings (SSSR count). The number of carbonyl (C=O) groups is 2. The van der Waals surface area contributed by atoms with Gasteiger partial charge in [-0.25, -0.2) is 0 Å². The van der Waals surface area contributed by atoms with Gasteiger partial charge in [0, 0.05) is 13.7 Å². The van der Waals surface area contributed by atoms with E-state index in [0.29, 0.717) is 19.3 Å². The summed E-state index contributed by atoms with van der Waals surface area (Å²) in [6, 6.07) is 0. The van der Waals surface area contributed by atoms with E-state index in [9.17, 15) is 14.7 Å². The topological polar surface area (TPSA) is 75.6 Å². The van der Waals surface area contributed by atoms with E-state index in [0.717, 1.165) is 19.3 Å². The van der Waals surface area contributed by atoms with Crippen LogP contribution in [0, 0.1) is 5.41 Å². The highest BCUT2D eigenvalue weighted by molar-refractivity contribution is 5.79. The van der Waals surface area contributed by atoms with E-state index in [1.165, 1.54) is 0 Å². The van der Waals surface area contributed by atoms with Crippen molar-refractivity contribution < 1.29 is 19.4 Å². The van der Waals surface area contributed by atoms with Crippen molar-refractivity contribution in [3.05, 3.63) is 0 Å². The van der Waals surface area contributed by atoms with Crippen molar-refractivity contribution in [2.45, 2.75) is 58.0 Å². The maximum absolute atomic E-state index is 11.9. The van der Waals surface area contributed by atoms with Crippen molar-refractivity contribution in [2.75, 3.05) is 13.7 Å². The fourth-order valence-corrected chi connectivity index (χ4v) is 2.53. The van der Waals surface area contributed by atoms with Crippen LogP contribution in [0.3, 0.4) is 0 Å². The van der Waals surface area contributed by atoms with E-state index in [4.69, 9.17) is 4.74 Å². The van der Waals surface area contributed by atoms with E-state index < -0.39 is 11.4 Å². The highest BCUT2D eigenvalue weighted by Gasteiger charge is 2.40. The summed E-state index contributed by atoms with van der Waals surface area (Å²) in [6.07, 6.45) is 4.24. The van der Waals surface area contributed by atoms with E-state index >= 15 is 0 Å². The molecule has 0 spiro atoms. The molecule has 19 heavy (non-hydrogen) atoms. The highest BCUT2D eigenvalue weighted by Crippen LogP contribution is 2.38. The number of carboxylic acids is 1. The van der Waals surface area contributed by atoms with Gasteiger partial charge in [0.1, 0.15) is 0 Å². The third-order valence-corrected chi connectivity index (χ3v) is 4.61. The smallest absolute Gasteiger partial charge is 0.311 e. The molecule has 0 bridgehead atoms. The van der Waals surface area contributed by atoms with Gasteiger partial charge in [-0.3, -0.25) is 9.59 Å². The maximum Gasteiger partial charge on any atom is 0.311 e. The second kappa shape index (κ2) is 6.37. The number of hydrogen-bond acceptors (Lipinski definition) is 3. The van der Waals surface area contributed by atoms with Crippen LogP contribution in [0.4, 0.5) is 0 Å². The van der Waals surface area contributed by atoms with Gasteiger partial charge in [0.15, 0.2) is 0 Å². The molecule has 0 saturated heterocycles. The third-order valence-electron chi connectivity index (χ3n) is 4.61. The zero-order chi connectivity index (χ0) is 14.5. The van der Waals surface area contributed by atoms with E-state index in [1.54, 1.807) is 7.11 Å². The Labute approximate surface area is 114 Å². The molecule has 5 heteroatoms.